The quantitative estimate of drug-likeness (QED) is 0.371. The van der Waals surface area contributed by atoms with Crippen LogP contribution in [-0.4, -0.2) is 52.3 Å². The van der Waals surface area contributed by atoms with Crippen molar-refractivity contribution >= 4 is 5.91 Å². The maximum Gasteiger partial charge on any atom is 0.269 e. The smallest absolute Gasteiger partial charge is 0.269 e. The van der Waals surface area contributed by atoms with Crippen LogP contribution < -0.4 is 10.5 Å². The number of benzene rings is 1. The lowest BCUT2D eigenvalue weighted by atomic mass is 10.0. The van der Waals surface area contributed by atoms with Crippen LogP contribution in [0.2, 0.25) is 0 Å². The SMILES string of the molecule is CC(O)(C#Cc1ccc2c(c1)-c1nc(C(N)=O)c(-c3n[nH]c(C4CC4)n3)n1CCO2)c1ncccn1. The highest BCUT2D eigenvalue weighted by Gasteiger charge is 2.32. The van der Waals surface area contributed by atoms with E-state index < -0.39 is 11.5 Å². The van der Waals surface area contributed by atoms with Crippen LogP contribution in [0.5, 0.6) is 5.75 Å². The van der Waals surface area contributed by atoms with E-state index in [-0.39, 0.29) is 11.5 Å². The Kier molecular flexibility index (Phi) is 5.05. The van der Waals surface area contributed by atoms with Crippen LogP contribution in [0.4, 0.5) is 0 Å². The van der Waals surface area contributed by atoms with Crippen molar-refractivity contribution in [2.24, 2.45) is 5.73 Å². The summed E-state index contributed by atoms with van der Waals surface area (Å²) in [5.74, 6) is 8.01. The summed E-state index contributed by atoms with van der Waals surface area (Å²) in [7, 11) is 0. The van der Waals surface area contributed by atoms with Crippen molar-refractivity contribution in [2.75, 3.05) is 6.61 Å². The minimum Gasteiger partial charge on any atom is -0.491 e. The monoisotopic (exact) mass is 482 g/mol. The van der Waals surface area contributed by atoms with E-state index in [0.29, 0.717) is 53.3 Å². The molecule has 36 heavy (non-hydrogen) atoms. The Labute approximate surface area is 205 Å². The van der Waals surface area contributed by atoms with E-state index in [1.54, 1.807) is 36.7 Å². The summed E-state index contributed by atoms with van der Waals surface area (Å²) in [6, 6.07) is 7.05. The molecular weight excluding hydrogens is 460 g/mol. The Morgan fingerprint density at radius 1 is 1.28 bits per heavy atom. The lowest BCUT2D eigenvalue weighted by Gasteiger charge is -2.13. The number of ether oxygens (including phenoxy) is 1. The fourth-order valence-electron chi connectivity index (χ4n) is 4.15. The Bertz CT molecular complexity index is 1540. The topological polar surface area (TPSA) is 158 Å². The predicted molar refractivity (Wildman–Crippen MR) is 128 cm³/mol. The number of carbonyl (C=O) groups is 1. The van der Waals surface area contributed by atoms with E-state index in [4.69, 9.17) is 10.5 Å². The number of primary amides is 1. The molecule has 1 aliphatic carbocycles. The average molecular weight is 483 g/mol. The number of carbonyl (C=O) groups excluding carboxylic acids is 1. The van der Waals surface area contributed by atoms with Crippen LogP contribution >= 0.6 is 0 Å². The molecule has 1 aromatic carbocycles. The molecule has 1 saturated carbocycles. The Morgan fingerprint density at radius 2 is 2.08 bits per heavy atom. The molecule has 0 spiro atoms. The maximum absolute atomic E-state index is 12.4. The minimum atomic E-state index is -1.54. The zero-order valence-corrected chi connectivity index (χ0v) is 19.4. The fourth-order valence-corrected chi connectivity index (χ4v) is 4.15. The zero-order valence-electron chi connectivity index (χ0n) is 19.4. The molecule has 11 nitrogen and oxygen atoms in total. The third kappa shape index (κ3) is 3.87. The molecule has 1 atom stereocenters. The molecule has 0 bridgehead atoms. The first-order valence-corrected chi connectivity index (χ1v) is 11.5. The van der Waals surface area contributed by atoms with Crippen molar-refractivity contribution in [3.05, 3.63) is 59.6 Å². The molecule has 11 heteroatoms. The highest BCUT2D eigenvalue weighted by molar-refractivity contribution is 5.97. The molecule has 1 unspecified atom stereocenters. The summed E-state index contributed by atoms with van der Waals surface area (Å²) in [6.07, 6.45) is 5.23. The van der Waals surface area contributed by atoms with Gasteiger partial charge in [-0.3, -0.25) is 9.89 Å². The first-order chi connectivity index (χ1) is 17.4. The number of aromatic nitrogens is 7. The lowest BCUT2D eigenvalue weighted by Crippen LogP contribution is -2.21. The number of nitrogens with two attached hydrogens (primary N) is 1. The van der Waals surface area contributed by atoms with E-state index in [9.17, 15) is 9.90 Å². The number of amides is 1. The Morgan fingerprint density at radius 3 is 2.83 bits per heavy atom. The van der Waals surface area contributed by atoms with Gasteiger partial charge in [-0.25, -0.2) is 19.9 Å². The number of hydrogen-bond donors (Lipinski definition) is 3. The van der Waals surface area contributed by atoms with Gasteiger partial charge in [-0.15, -0.1) is 0 Å². The molecule has 1 aliphatic heterocycles. The molecule has 6 rings (SSSR count). The van der Waals surface area contributed by atoms with Gasteiger partial charge >= 0.3 is 0 Å². The van der Waals surface area contributed by atoms with Crippen molar-refractivity contribution in [2.45, 2.75) is 37.8 Å². The number of aliphatic hydroxyl groups is 1. The second-order valence-electron chi connectivity index (χ2n) is 8.92. The van der Waals surface area contributed by atoms with Crippen LogP contribution in [0, 0.1) is 11.8 Å². The number of nitrogens with one attached hydrogen (secondary N) is 1. The molecule has 4 aromatic rings. The molecule has 1 fully saturated rings. The van der Waals surface area contributed by atoms with E-state index in [0.717, 1.165) is 18.7 Å². The van der Waals surface area contributed by atoms with E-state index in [1.807, 2.05) is 4.57 Å². The summed E-state index contributed by atoms with van der Waals surface area (Å²) in [6.45, 7) is 2.31. The highest BCUT2D eigenvalue weighted by atomic mass is 16.5. The highest BCUT2D eigenvalue weighted by Crippen LogP contribution is 2.40. The van der Waals surface area contributed by atoms with Gasteiger partial charge < -0.3 is 20.1 Å². The van der Waals surface area contributed by atoms with Crippen molar-refractivity contribution in [1.29, 1.82) is 0 Å². The third-order valence-electron chi connectivity index (χ3n) is 6.12. The van der Waals surface area contributed by atoms with Crippen molar-refractivity contribution < 1.29 is 14.6 Å². The van der Waals surface area contributed by atoms with Crippen molar-refractivity contribution in [1.82, 2.24) is 34.7 Å². The fraction of sp³-hybridized carbons (Fsp3) is 0.280. The standard InChI is InChI=1S/C25H22N8O3/c1-25(35,24-27-9-2-10-28-24)8-7-14-3-6-17-16(13-14)23-29-18(20(26)34)19(33(23)11-12-36-17)22-30-21(31-32-22)15-4-5-15/h2-3,6,9-10,13,15,35H,4-5,11-12H2,1H3,(H2,26,34)(H,30,31,32). The molecule has 180 valence electrons. The van der Waals surface area contributed by atoms with Gasteiger partial charge in [-0.05, 0) is 44.0 Å². The number of rotatable bonds is 4. The van der Waals surface area contributed by atoms with Crippen LogP contribution in [0.3, 0.4) is 0 Å². The summed E-state index contributed by atoms with van der Waals surface area (Å²) >= 11 is 0. The molecule has 1 amide bonds. The van der Waals surface area contributed by atoms with Gasteiger partial charge in [0.15, 0.2) is 22.9 Å². The van der Waals surface area contributed by atoms with Crippen LogP contribution in [-0.2, 0) is 12.1 Å². The summed E-state index contributed by atoms with van der Waals surface area (Å²) in [5.41, 5.74) is 5.97. The molecule has 2 aliphatic rings. The largest absolute Gasteiger partial charge is 0.491 e. The lowest BCUT2D eigenvalue weighted by molar-refractivity contribution is 0.0996. The van der Waals surface area contributed by atoms with Gasteiger partial charge in [-0.2, -0.15) is 5.10 Å². The normalized spacial score (nSPS) is 15.9. The summed E-state index contributed by atoms with van der Waals surface area (Å²) < 4.78 is 7.82. The summed E-state index contributed by atoms with van der Waals surface area (Å²) in [4.78, 5) is 29.8. The number of H-pyrrole nitrogens is 1. The molecule has 4 heterocycles. The van der Waals surface area contributed by atoms with E-state index >= 15 is 0 Å². The number of fused-ring (bicyclic) bond motifs is 3. The second-order valence-corrected chi connectivity index (χ2v) is 8.92. The van der Waals surface area contributed by atoms with Crippen LogP contribution in [0.1, 0.15) is 53.4 Å². The number of nitrogens with zero attached hydrogens (tertiary/aromatic N) is 6. The predicted octanol–water partition coefficient (Wildman–Crippen LogP) is 1.75. The Hall–Kier alpha value is -4.56. The molecule has 0 radical (unpaired) electrons. The van der Waals surface area contributed by atoms with Gasteiger partial charge in [0.1, 0.15) is 29.7 Å². The number of aromatic amines is 1. The number of hydrogen-bond acceptors (Lipinski definition) is 8. The zero-order chi connectivity index (χ0) is 24.9. The average Bonchev–Trinajstić information content (AvgIpc) is 3.54. The first-order valence-electron chi connectivity index (χ1n) is 11.5. The minimum absolute atomic E-state index is 0.0971. The van der Waals surface area contributed by atoms with Gasteiger partial charge in [0.25, 0.3) is 5.91 Å². The number of imidazole rings is 1. The van der Waals surface area contributed by atoms with Gasteiger partial charge in [-0.1, -0.05) is 11.8 Å². The van der Waals surface area contributed by atoms with E-state index in [2.05, 4.69) is 42.0 Å². The van der Waals surface area contributed by atoms with Crippen LogP contribution in [0.15, 0.2) is 36.7 Å². The van der Waals surface area contributed by atoms with Gasteiger partial charge in [0, 0.05) is 23.9 Å². The third-order valence-corrected chi connectivity index (χ3v) is 6.12. The molecule has 0 saturated heterocycles. The van der Waals surface area contributed by atoms with Crippen molar-refractivity contribution in [3.63, 3.8) is 0 Å². The van der Waals surface area contributed by atoms with Gasteiger partial charge in [0.05, 0.1) is 12.1 Å². The van der Waals surface area contributed by atoms with Crippen LogP contribution in [0.25, 0.3) is 22.9 Å². The van der Waals surface area contributed by atoms with Gasteiger partial charge in [0.2, 0.25) is 0 Å². The first kappa shape index (κ1) is 21.9. The molecule has 4 N–H and O–H groups in total. The van der Waals surface area contributed by atoms with E-state index in [1.165, 1.54) is 6.92 Å². The second kappa shape index (κ2) is 8.28. The van der Waals surface area contributed by atoms with Crippen molar-refractivity contribution in [3.8, 4) is 40.5 Å². The molecule has 3 aromatic heterocycles. The molecular formula is C25H22N8O3. The Balaban J connectivity index is 1.44. The summed E-state index contributed by atoms with van der Waals surface area (Å²) in [5, 5.41) is 18.1. The maximum atomic E-state index is 12.4.